The second-order valence-corrected chi connectivity index (χ2v) is 6.09. The monoisotopic (exact) mass is 346 g/mol. The summed E-state index contributed by atoms with van der Waals surface area (Å²) in [5.74, 6) is 0.352. The molecule has 0 aliphatic carbocycles. The van der Waals surface area contributed by atoms with Gasteiger partial charge in [-0.2, -0.15) is 0 Å². The van der Waals surface area contributed by atoms with Gasteiger partial charge in [0.05, 0.1) is 32.1 Å². The molecule has 0 amide bonds. The lowest BCUT2D eigenvalue weighted by Gasteiger charge is -2.15. The Hall–Kier alpha value is -2.67. The Bertz CT molecular complexity index is 772. The number of hydrogen-bond donors (Lipinski definition) is 2. The van der Waals surface area contributed by atoms with Crippen molar-refractivity contribution in [1.82, 2.24) is 9.97 Å². The number of esters is 1. The summed E-state index contributed by atoms with van der Waals surface area (Å²) in [6, 6.07) is 7.86. The summed E-state index contributed by atoms with van der Waals surface area (Å²) in [6.07, 6.45) is 3.73. The third-order valence-corrected chi connectivity index (χ3v) is 4.95. The zero-order chi connectivity index (χ0) is 17.1. The van der Waals surface area contributed by atoms with Gasteiger partial charge in [-0.05, 0) is 24.3 Å². The Morgan fingerprint density at radius 1 is 1.00 bits per heavy atom. The molecule has 3 rings (SSSR count). The van der Waals surface area contributed by atoms with Crippen molar-refractivity contribution in [3.8, 4) is 11.5 Å². The number of ether oxygens (including phenoxy) is 3. The molecule has 7 heteroatoms. The molecular formula is C17H18N2O4S. The van der Waals surface area contributed by atoms with E-state index in [9.17, 15) is 4.79 Å². The molecule has 0 fully saturated rings. The van der Waals surface area contributed by atoms with Crippen molar-refractivity contribution >= 4 is 17.3 Å². The topological polar surface area (TPSA) is 76.3 Å². The maximum Gasteiger partial charge on any atom is 0.352 e. The van der Waals surface area contributed by atoms with Gasteiger partial charge in [-0.3, -0.25) is 0 Å². The third kappa shape index (κ3) is 2.67. The molecule has 0 atom stereocenters. The number of aromatic amines is 2. The molecule has 0 bridgehead atoms. The average molecular weight is 346 g/mol. The van der Waals surface area contributed by atoms with E-state index in [4.69, 9.17) is 14.2 Å². The minimum atomic E-state index is -0.446. The molecule has 3 aromatic heterocycles. The van der Waals surface area contributed by atoms with Crippen LogP contribution in [0.15, 0.2) is 36.7 Å². The lowest BCUT2D eigenvalue weighted by molar-refractivity contribution is 0.0602. The highest BCUT2D eigenvalue weighted by Gasteiger charge is 2.32. The summed E-state index contributed by atoms with van der Waals surface area (Å²) in [7, 11) is 4.43. The first kappa shape index (κ1) is 16.2. The summed E-state index contributed by atoms with van der Waals surface area (Å²) in [6.45, 7) is 0. The fourth-order valence-corrected chi connectivity index (χ4v) is 4.01. The number of methoxy groups -OCH3 is 3. The SMILES string of the molecule is COC(=O)c1sc(C(c2ccc[nH]2)c2ccc[nH]2)c(OC)c1OC. The fraction of sp³-hybridized carbons (Fsp3) is 0.235. The van der Waals surface area contributed by atoms with E-state index in [1.54, 1.807) is 7.11 Å². The quantitative estimate of drug-likeness (QED) is 0.671. The number of carbonyl (C=O) groups excluding carboxylic acids is 1. The van der Waals surface area contributed by atoms with Gasteiger partial charge < -0.3 is 24.2 Å². The first-order chi connectivity index (χ1) is 11.7. The van der Waals surface area contributed by atoms with E-state index in [2.05, 4.69) is 9.97 Å². The summed E-state index contributed by atoms with van der Waals surface area (Å²) < 4.78 is 15.9. The Kier molecular flexibility index (Phi) is 4.61. The molecule has 0 saturated heterocycles. The first-order valence-electron chi connectivity index (χ1n) is 7.30. The predicted molar refractivity (Wildman–Crippen MR) is 91.3 cm³/mol. The van der Waals surface area contributed by atoms with E-state index in [0.717, 1.165) is 16.3 Å². The van der Waals surface area contributed by atoms with Crippen molar-refractivity contribution < 1.29 is 19.0 Å². The number of aromatic nitrogens is 2. The Morgan fingerprint density at radius 2 is 1.58 bits per heavy atom. The summed E-state index contributed by atoms with van der Waals surface area (Å²) in [5.41, 5.74) is 1.96. The molecule has 2 N–H and O–H groups in total. The highest BCUT2D eigenvalue weighted by Crippen LogP contribution is 2.49. The van der Waals surface area contributed by atoms with Gasteiger partial charge in [0.15, 0.2) is 16.4 Å². The van der Waals surface area contributed by atoms with Crippen LogP contribution in [-0.2, 0) is 4.74 Å². The number of hydrogen-bond acceptors (Lipinski definition) is 5. The third-order valence-electron chi connectivity index (χ3n) is 3.76. The molecule has 0 saturated carbocycles. The van der Waals surface area contributed by atoms with E-state index in [1.807, 2.05) is 36.7 Å². The first-order valence-corrected chi connectivity index (χ1v) is 8.12. The van der Waals surface area contributed by atoms with Crippen LogP contribution in [0.25, 0.3) is 0 Å². The van der Waals surface area contributed by atoms with E-state index in [-0.39, 0.29) is 5.92 Å². The van der Waals surface area contributed by atoms with Gasteiger partial charge in [0.25, 0.3) is 0 Å². The number of rotatable bonds is 6. The zero-order valence-corrected chi connectivity index (χ0v) is 14.4. The van der Waals surface area contributed by atoms with Gasteiger partial charge in [-0.25, -0.2) is 4.79 Å². The molecule has 6 nitrogen and oxygen atoms in total. The second kappa shape index (κ2) is 6.84. The van der Waals surface area contributed by atoms with Crippen LogP contribution in [0.4, 0.5) is 0 Å². The number of carbonyl (C=O) groups is 1. The van der Waals surface area contributed by atoms with Crippen molar-refractivity contribution in [2.75, 3.05) is 21.3 Å². The van der Waals surface area contributed by atoms with E-state index in [0.29, 0.717) is 16.4 Å². The maximum absolute atomic E-state index is 12.1. The molecule has 0 aliphatic heterocycles. The van der Waals surface area contributed by atoms with Gasteiger partial charge in [0.2, 0.25) is 0 Å². The van der Waals surface area contributed by atoms with E-state index >= 15 is 0 Å². The van der Waals surface area contributed by atoms with Crippen molar-refractivity contribution in [2.24, 2.45) is 0 Å². The molecule has 24 heavy (non-hydrogen) atoms. The number of nitrogens with one attached hydrogen (secondary N) is 2. The average Bonchev–Trinajstić information content (AvgIpc) is 3.35. The standard InChI is InChI=1S/C17H18N2O4S/c1-21-13-14(22-2)16(17(20)23-3)24-15(13)12(10-6-4-8-18-10)11-7-5-9-19-11/h4-9,12,18-19H,1-3H3. The summed E-state index contributed by atoms with van der Waals surface area (Å²) >= 11 is 1.31. The van der Waals surface area contributed by atoms with Gasteiger partial charge >= 0.3 is 5.97 Å². The summed E-state index contributed by atoms with van der Waals surface area (Å²) in [5, 5.41) is 0. The van der Waals surface area contributed by atoms with Crippen LogP contribution in [0.5, 0.6) is 11.5 Å². The van der Waals surface area contributed by atoms with Crippen LogP contribution in [0.1, 0.15) is 31.9 Å². The van der Waals surface area contributed by atoms with Gasteiger partial charge in [-0.1, -0.05) is 0 Å². The maximum atomic E-state index is 12.1. The normalized spacial score (nSPS) is 10.8. The lowest BCUT2D eigenvalue weighted by Crippen LogP contribution is -2.04. The smallest absolute Gasteiger partial charge is 0.352 e. The Balaban J connectivity index is 2.21. The van der Waals surface area contributed by atoms with E-state index in [1.165, 1.54) is 25.6 Å². The van der Waals surface area contributed by atoms with Gasteiger partial charge in [0, 0.05) is 23.8 Å². The van der Waals surface area contributed by atoms with Crippen LogP contribution in [0.3, 0.4) is 0 Å². The molecule has 3 heterocycles. The highest BCUT2D eigenvalue weighted by molar-refractivity contribution is 7.14. The van der Waals surface area contributed by atoms with Gasteiger partial charge in [0.1, 0.15) is 0 Å². The van der Waals surface area contributed by atoms with Crippen LogP contribution in [0.2, 0.25) is 0 Å². The van der Waals surface area contributed by atoms with Crippen LogP contribution in [-0.4, -0.2) is 37.3 Å². The van der Waals surface area contributed by atoms with Crippen molar-refractivity contribution in [3.05, 3.63) is 57.8 Å². The fourth-order valence-electron chi connectivity index (χ4n) is 2.71. The Labute approximate surface area is 143 Å². The molecule has 0 aromatic carbocycles. The van der Waals surface area contributed by atoms with Crippen molar-refractivity contribution in [3.63, 3.8) is 0 Å². The minimum Gasteiger partial charge on any atom is -0.492 e. The summed E-state index contributed by atoms with van der Waals surface area (Å²) in [4.78, 5) is 19.8. The molecular weight excluding hydrogens is 328 g/mol. The highest BCUT2D eigenvalue weighted by atomic mass is 32.1. The molecule has 3 aromatic rings. The van der Waals surface area contributed by atoms with Crippen LogP contribution >= 0.6 is 11.3 Å². The van der Waals surface area contributed by atoms with Gasteiger partial charge in [-0.15, -0.1) is 11.3 Å². The zero-order valence-electron chi connectivity index (χ0n) is 13.6. The van der Waals surface area contributed by atoms with Crippen molar-refractivity contribution in [2.45, 2.75) is 5.92 Å². The van der Waals surface area contributed by atoms with Crippen LogP contribution in [0, 0.1) is 0 Å². The molecule has 0 unspecified atom stereocenters. The molecule has 0 aliphatic rings. The van der Waals surface area contributed by atoms with Crippen LogP contribution < -0.4 is 9.47 Å². The Morgan fingerprint density at radius 3 is 2.00 bits per heavy atom. The lowest BCUT2D eigenvalue weighted by atomic mass is 9.99. The largest absolute Gasteiger partial charge is 0.492 e. The minimum absolute atomic E-state index is 0.137. The second-order valence-electron chi connectivity index (χ2n) is 5.04. The predicted octanol–water partition coefficient (Wildman–Crippen LogP) is 3.39. The number of thiophene rings is 1. The number of H-pyrrole nitrogens is 2. The molecule has 0 radical (unpaired) electrons. The molecule has 0 spiro atoms. The van der Waals surface area contributed by atoms with E-state index < -0.39 is 5.97 Å². The molecule has 126 valence electrons. The van der Waals surface area contributed by atoms with Crippen molar-refractivity contribution in [1.29, 1.82) is 0 Å².